The number of carboxylic acids is 1. The van der Waals surface area contributed by atoms with E-state index in [1.54, 1.807) is 12.1 Å². The number of hydrogen-bond donors (Lipinski definition) is 1. The van der Waals surface area contributed by atoms with Gasteiger partial charge in [-0.25, -0.2) is 9.78 Å². The molecule has 0 saturated carbocycles. The van der Waals surface area contributed by atoms with Crippen LogP contribution in [0.2, 0.25) is 0 Å². The van der Waals surface area contributed by atoms with Gasteiger partial charge in [-0.15, -0.1) is 0 Å². The number of carbonyl (C=O) groups is 1. The molecule has 1 N–H and O–H groups in total. The summed E-state index contributed by atoms with van der Waals surface area (Å²) in [5, 5.41) is 9.04. The van der Waals surface area contributed by atoms with Gasteiger partial charge in [0.15, 0.2) is 11.4 Å². The van der Waals surface area contributed by atoms with E-state index in [0.29, 0.717) is 5.75 Å². The van der Waals surface area contributed by atoms with Crippen molar-refractivity contribution in [3.8, 4) is 11.5 Å². The van der Waals surface area contributed by atoms with Gasteiger partial charge in [-0.05, 0) is 42.7 Å². The zero-order valence-electron chi connectivity index (χ0n) is 11.4. The van der Waals surface area contributed by atoms with Gasteiger partial charge in [-0.1, -0.05) is 25.5 Å². The van der Waals surface area contributed by atoms with Gasteiger partial charge in [0.2, 0.25) is 0 Å². The second kappa shape index (κ2) is 6.70. The second-order valence-electron chi connectivity index (χ2n) is 4.50. The molecular weight excluding hydrogens is 254 g/mol. The average molecular weight is 271 g/mol. The first-order valence-electron chi connectivity index (χ1n) is 6.66. The minimum absolute atomic E-state index is 0.0810. The molecular formula is C16H17NO3. The van der Waals surface area contributed by atoms with Crippen molar-refractivity contribution in [2.24, 2.45) is 0 Å². The summed E-state index contributed by atoms with van der Waals surface area (Å²) >= 11 is 0. The second-order valence-corrected chi connectivity index (χ2v) is 4.50. The number of nitrogens with zero attached hydrogens (tertiary/aromatic N) is 1. The molecule has 2 rings (SSSR count). The SMILES string of the molecule is CCCCc1ccc(Oc2cccnc2C(=O)O)cc1. The molecule has 0 atom stereocenters. The van der Waals surface area contributed by atoms with E-state index in [-0.39, 0.29) is 11.4 Å². The number of aromatic nitrogens is 1. The Labute approximate surface area is 118 Å². The first kappa shape index (κ1) is 14.1. The first-order chi connectivity index (χ1) is 9.70. The minimum atomic E-state index is -1.10. The molecule has 0 amide bonds. The normalized spacial score (nSPS) is 10.2. The molecule has 0 aliphatic heterocycles. The minimum Gasteiger partial charge on any atom is -0.476 e. The molecule has 0 aliphatic carbocycles. The molecule has 1 heterocycles. The van der Waals surface area contributed by atoms with Gasteiger partial charge in [-0.3, -0.25) is 0 Å². The Morgan fingerprint density at radius 1 is 1.25 bits per heavy atom. The molecule has 4 heteroatoms. The smallest absolute Gasteiger partial charge is 0.358 e. The largest absolute Gasteiger partial charge is 0.476 e. The average Bonchev–Trinajstić information content (AvgIpc) is 2.47. The maximum Gasteiger partial charge on any atom is 0.358 e. The molecule has 104 valence electrons. The van der Waals surface area contributed by atoms with Crippen molar-refractivity contribution in [1.82, 2.24) is 4.98 Å². The third-order valence-corrected chi connectivity index (χ3v) is 2.94. The van der Waals surface area contributed by atoms with E-state index in [9.17, 15) is 4.79 Å². The third-order valence-electron chi connectivity index (χ3n) is 2.94. The summed E-state index contributed by atoms with van der Waals surface area (Å²) in [5.41, 5.74) is 1.17. The van der Waals surface area contributed by atoms with Crippen LogP contribution in [0.3, 0.4) is 0 Å². The Morgan fingerprint density at radius 3 is 2.65 bits per heavy atom. The van der Waals surface area contributed by atoms with Crippen molar-refractivity contribution in [3.05, 3.63) is 53.9 Å². The zero-order chi connectivity index (χ0) is 14.4. The highest BCUT2D eigenvalue weighted by atomic mass is 16.5. The monoisotopic (exact) mass is 271 g/mol. The van der Waals surface area contributed by atoms with E-state index in [1.807, 2.05) is 24.3 Å². The Bertz CT molecular complexity index is 579. The molecule has 0 spiro atoms. The Hall–Kier alpha value is -2.36. The van der Waals surface area contributed by atoms with Gasteiger partial charge in [0.05, 0.1) is 0 Å². The van der Waals surface area contributed by atoms with Crippen LogP contribution >= 0.6 is 0 Å². The van der Waals surface area contributed by atoms with Crippen molar-refractivity contribution in [3.63, 3.8) is 0 Å². The highest BCUT2D eigenvalue weighted by Crippen LogP contribution is 2.24. The van der Waals surface area contributed by atoms with Gasteiger partial charge < -0.3 is 9.84 Å². The summed E-state index contributed by atoms with van der Waals surface area (Å²) in [6.07, 6.45) is 4.80. The van der Waals surface area contributed by atoms with E-state index < -0.39 is 5.97 Å². The highest BCUT2D eigenvalue weighted by Gasteiger charge is 2.12. The van der Waals surface area contributed by atoms with Crippen molar-refractivity contribution in [1.29, 1.82) is 0 Å². The van der Waals surface area contributed by atoms with Gasteiger partial charge in [0.25, 0.3) is 0 Å². The lowest BCUT2D eigenvalue weighted by atomic mass is 10.1. The fourth-order valence-corrected chi connectivity index (χ4v) is 1.87. The van der Waals surface area contributed by atoms with Crippen LogP contribution in [-0.4, -0.2) is 16.1 Å². The van der Waals surface area contributed by atoms with Gasteiger partial charge >= 0.3 is 5.97 Å². The molecule has 2 aromatic rings. The molecule has 0 aliphatic rings. The standard InChI is InChI=1S/C16H17NO3/c1-2-3-5-12-7-9-13(10-8-12)20-14-6-4-11-17-15(14)16(18)19/h4,6-11H,2-3,5H2,1H3,(H,18,19). The maximum atomic E-state index is 11.0. The Kier molecular flexibility index (Phi) is 4.71. The number of pyridine rings is 1. The van der Waals surface area contributed by atoms with Crippen molar-refractivity contribution >= 4 is 5.97 Å². The predicted molar refractivity (Wildman–Crippen MR) is 76.3 cm³/mol. The number of benzene rings is 1. The quantitative estimate of drug-likeness (QED) is 0.865. The zero-order valence-corrected chi connectivity index (χ0v) is 11.4. The van der Waals surface area contributed by atoms with Crippen LogP contribution in [0.15, 0.2) is 42.6 Å². The lowest BCUT2D eigenvalue weighted by Gasteiger charge is -2.08. The van der Waals surface area contributed by atoms with E-state index in [2.05, 4.69) is 11.9 Å². The van der Waals surface area contributed by atoms with E-state index in [1.165, 1.54) is 11.8 Å². The number of hydrogen-bond acceptors (Lipinski definition) is 3. The molecule has 20 heavy (non-hydrogen) atoms. The molecule has 4 nitrogen and oxygen atoms in total. The Morgan fingerprint density at radius 2 is 2.00 bits per heavy atom. The van der Waals surface area contributed by atoms with Crippen LogP contribution < -0.4 is 4.74 Å². The summed E-state index contributed by atoms with van der Waals surface area (Å²) in [6, 6.07) is 11.0. The fourth-order valence-electron chi connectivity index (χ4n) is 1.87. The van der Waals surface area contributed by atoms with Crippen LogP contribution in [0.5, 0.6) is 11.5 Å². The van der Waals surface area contributed by atoms with E-state index in [4.69, 9.17) is 9.84 Å². The predicted octanol–water partition coefficient (Wildman–Crippen LogP) is 3.91. The topological polar surface area (TPSA) is 59.4 Å². The molecule has 1 aromatic heterocycles. The number of ether oxygens (including phenoxy) is 1. The summed E-state index contributed by atoms with van der Waals surface area (Å²) in [6.45, 7) is 2.16. The maximum absolute atomic E-state index is 11.0. The molecule has 0 radical (unpaired) electrons. The highest BCUT2D eigenvalue weighted by molar-refractivity contribution is 5.88. The van der Waals surface area contributed by atoms with Crippen molar-refractivity contribution in [2.75, 3.05) is 0 Å². The van der Waals surface area contributed by atoms with Crippen LogP contribution in [0.1, 0.15) is 35.8 Å². The number of rotatable bonds is 6. The number of aryl methyl sites for hydroxylation is 1. The number of unbranched alkanes of at least 4 members (excludes halogenated alkanes) is 1. The fraction of sp³-hybridized carbons (Fsp3) is 0.250. The van der Waals surface area contributed by atoms with Gasteiger partial charge in [-0.2, -0.15) is 0 Å². The lowest BCUT2D eigenvalue weighted by molar-refractivity contribution is 0.0687. The molecule has 0 fully saturated rings. The van der Waals surface area contributed by atoms with E-state index in [0.717, 1.165) is 19.3 Å². The molecule has 1 aromatic carbocycles. The first-order valence-corrected chi connectivity index (χ1v) is 6.66. The summed E-state index contributed by atoms with van der Waals surface area (Å²) < 4.78 is 5.59. The number of aromatic carboxylic acids is 1. The Balaban J connectivity index is 2.12. The lowest BCUT2D eigenvalue weighted by Crippen LogP contribution is -2.02. The van der Waals surface area contributed by atoms with Crippen LogP contribution in [0, 0.1) is 0 Å². The molecule has 0 saturated heterocycles. The van der Waals surface area contributed by atoms with Crippen LogP contribution in [-0.2, 0) is 6.42 Å². The van der Waals surface area contributed by atoms with E-state index >= 15 is 0 Å². The summed E-state index contributed by atoms with van der Waals surface area (Å²) in [7, 11) is 0. The molecule has 0 unspecified atom stereocenters. The summed E-state index contributed by atoms with van der Waals surface area (Å²) in [4.78, 5) is 14.8. The van der Waals surface area contributed by atoms with Gasteiger partial charge in [0.1, 0.15) is 5.75 Å². The van der Waals surface area contributed by atoms with Crippen molar-refractivity contribution < 1.29 is 14.6 Å². The third kappa shape index (κ3) is 3.57. The van der Waals surface area contributed by atoms with Gasteiger partial charge in [0, 0.05) is 6.20 Å². The number of carboxylic acid groups (broad SMARTS) is 1. The van der Waals surface area contributed by atoms with Crippen molar-refractivity contribution in [2.45, 2.75) is 26.2 Å². The van der Waals surface area contributed by atoms with Crippen LogP contribution in [0.4, 0.5) is 0 Å². The summed E-state index contributed by atoms with van der Waals surface area (Å²) in [5.74, 6) is -0.234. The molecule has 0 bridgehead atoms. The van der Waals surface area contributed by atoms with Crippen LogP contribution in [0.25, 0.3) is 0 Å².